The van der Waals surface area contributed by atoms with Gasteiger partial charge in [0.05, 0.1) is 0 Å². The second-order valence-electron chi connectivity index (χ2n) is 2.94. The topological polar surface area (TPSA) is 26.0 Å². The van der Waals surface area contributed by atoms with Crippen molar-refractivity contribution in [3.63, 3.8) is 0 Å². The highest BCUT2D eigenvalue weighted by molar-refractivity contribution is 14.1. The van der Waals surface area contributed by atoms with Gasteiger partial charge < -0.3 is 5.73 Å². The second kappa shape index (κ2) is 3.43. The van der Waals surface area contributed by atoms with Gasteiger partial charge in [-0.2, -0.15) is 0 Å². The zero-order chi connectivity index (χ0) is 8.43. The first-order valence-electron chi connectivity index (χ1n) is 3.66. The number of rotatable bonds is 1. The monoisotopic (exact) mass is 261 g/mol. The SMILES string of the molecule is CC(C)c1cc(N)ccc1I. The zero-order valence-electron chi connectivity index (χ0n) is 6.76. The lowest BCUT2D eigenvalue weighted by atomic mass is 10.0. The Morgan fingerprint density at radius 3 is 2.45 bits per heavy atom. The molecule has 1 rings (SSSR count). The van der Waals surface area contributed by atoms with E-state index in [9.17, 15) is 0 Å². The standard InChI is InChI=1S/C9H12IN/c1-6(2)8-5-7(11)3-4-9(8)10/h3-6H,11H2,1-2H3. The molecule has 0 radical (unpaired) electrons. The van der Waals surface area contributed by atoms with Crippen molar-refractivity contribution in [3.8, 4) is 0 Å². The van der Waals surface area contributed by atoms with Crippen molar-refractivity contribution in [3.05, 3.63) is 27.3 Å². The molecule has 0 fully saturated rings. The summed E-state index contributed by atoms with van der Waals surface area (Å²) in [6, 6.07) is 6.05. The number of hydrogen-bond donors (Lipinski definition) is 1. The minimum absolute atomic E-state index is 0.561. The van der Waals surface area contributed by atoms with E-state index in [-0.39, 0.29) is 0 Å². The van der Waals surface area contributed by atoms with Crippen LogP contribution in [-0.4, -0.2) is 0 Å². The average Bonchev–Trinajstić information content (AvgIpc) is 1.94. The summed E-state index contributed by atoms with van der Waals surface area (Å²) in [5.41, 5.74) is 7.86. The van der Waals surface area contributed by atoms with E-state index in [0.29, 0.717) is 5.92 Å². The Bertz CT molecular complexity index is 256. The van der Waals surface area contributed by atoms with Crippen LogP contribution in [0.2, 0.25) is 0 Å². The molecule has 0 saturated heterocycles. The lowest BCUT2D eigenvalue weighted by Gasteiger charge is -2.08. The van der Waals surface area contributed by atoms with Crippen LogP contribution in [0.3, 0.4) is 0 Å². The number of halogens is 1. The summed E-state index contributed by atoms with van der Waals surface area (Å²) in [5, 5.41) is 0. The maximum atomic E-state index is 5.66. The normalized spacial score (nSPS) is 10.5. The molecule has 1 nitrogen and oxygen atoms in total. The minimum atomic E-state index is 0.561. The van der Waals surface area contributed by atoms with E-state index in [1.54, 1.807) is 0 Å². The lowest BCUT2D eigenvalue weighted by molar-refractivity contribution is 0.861. The molecule has 0 amide bonds. The van der Waals surface area contributed by atoms with Crippen LogP contribution in [-0.2, 0) is 0 Å². The average molecular weight is 261 g/mol. The van der Waals surface area contributed by atoms with Crippen molar-refractivity contribution in [2.24, 2.45) is 0 Å². The summed E-state index contributed by atoms with van der Waals surface area (Å²) < 4.78 is 1.30. The lowest BCUT2D eigenvalue weighted by Crippen LogP contribution is -1.94. The van der Waals surface area contributed by atoms with Crippen LogP contribution in [0.4, 0.5) is 5.69 Å². The largest absolute Gasteiger partial charge is 0.399 e. The van der Waals surface area contributed by atoms with Gasteiger partial charge >= 0.3 is 0 Å². The number of hydrogen-bond acceptors (Lipinski definition) is 1. The quantitative estimate of drug-likeness (QED) is 0.610. The third kappa shape index (κ3) is 2.09. The molecule has 1 aromatic carbocycles. The fourth-order valence-electron chi connectivity index (χ4n) is 1.00. The summed E-state index contributed by atoms with van der Waals surface area (Å²) in [6.45, 7) is 4.36. The fraction of sp³-hybridized carbons (Fsp3) is 0.333. The van der Waals surface area contributed by atoms with Crippen LogP contribution in [0.15, 0.2) is 18.2 Å². The molecule has 0 atom stereocenters. The molecule has 60 valence electrons. The van der Waals surface area contributed by atoms with Gasteiger partial charge in [0.25, 0.3) is 0 Å². The first kappa shape index (κ1) is 8.84. The van der Waals surface area contributed by atoms with Gasteiger partial charge in [0.2, 0.25) is 0 Å². The van der Waals surface area contributed by atoms with Crippen LogP contribution in [0.1, 0.15) is 25.3 Å². The van der Waals surface area contributed by atoms with Gasteiger partial charge in [0, 0.05) is 9.26 Å². The van der Waals surface area contributed by atoms with Crippen LogP contribution >= 0.6 is 22.6 Å². The van der Waals surface area contributed by atoms with Crippen molar-refractivity contribution < 1.29 is 0 Å². The molecule has 11 heavy (non-hydrogen) atoms. The molecule has 0 aliphatic carbocycles. The Morgan fingerprint density at radius 2 is 2.00 bits per heavy atom. The summed E-state index contributed by atoms with van der Waals surface area (Å²) in [7, 11) is 0. The zero-order valence-corrected chi connectivity index (χ0v) is 8.92. The van der Waals surface area contributed by atoms with Gasteiger partial charge in [-0.25, -0.2) is 0 Å². The van der Waals surface area contributed by atoms with E-state index in [1.807, 2.05) is 12.1 Å². The summed E-state index contributed by atoms with van der Waals surface area (Å²) >= 11 is 2.34. The van der Waals surface area contributed by atoms with Crippen molar-refractivity contribution in [2.45, 2.75) is 19.8 Å². The Kier molecular flexibility index (Phi) is 2.76. The molecule has 2 heteroatoms. The minimum Gasteiger partial charge on any atom is -0.399 e. The molecule has 1 aromatic rings. The second-order valence-corrected chi connectivity index (χ2v) is 4.10. The van der Waals surface area contributed by atoms with Crippen LogP contribution in [0.25, 0.3) is 0 Å². The number of anilines is 1. The van der Waals surface area contributed by atoms with Gasteiger partial charge in [-0.05, 0) is 52.3 Å². The summed E-state index contributed by atoms with van der Waals surface area (Å²) in [5.74, 6) is 0.561. The number of nitrogens with two attached hydrogens (primary N) is 1. The van der Waals surface area contributed by atoms with E-state index in [2.05, 4.69) is 42.5 Å². The van der Waals surface area contributed by atoms with E-state index in [1.165, 1.54) is 9.13 Å². The van der Waals surface area contributed by atoms with E-state index < -0.39 is 0 Å². The maximum Gasteiger partial charge on any atom is 0.0317 e. The third-order valence-electron chi connectivity index (χ3n) is 1.64. The molecule has 0 bridgehead atoms. The fourth-order valence-corrected chi connectivity index (χ4v) is 1.96. The van der Waals surface area contributed by atoms with Gasteiger partial charge in [-0.1, -0.05) is 13.8 Å². The van der Waals surface area contributed by atoms with Gasteiger partial charge in [-0.15, -0.1) is 0 Å². The van der Waals surface area contributed by atoms with Crippen LogP contribution < -0.4 is 5.73 Å². The first-order chi connectivity index (χ1) is 5.11. The van der Waals surface area contributed by atoms with Crippen LogP contribution in [0.5, 0.6) is 0 Å². The van der Waals surface area contributed by atoms with Crippen molar-refractivity contribution in [2.75, 3.05) is 5.73 Å². The summed E-state index contributed by atoms with van der Waals surface area (Å²) in [4.78, 5) is 0. The Balaban J connectivity index is 3.13. The molecule has 0 saturated carbocycles. The van der Waals surface area contributed by atoms with Crippen molar-refractivity contribution >= 4 is 28.3 Å². The van der Waals surface area contributed by atoms with Gasteiger partial charge in [-0.3, -0.25) is 0 Å². The molecule has 0 aliphatic heterocycles. The smallest absolute Gasteiger partial charge is 0.0317 e. The maximum absolute atomic E-state index is 5.66. The Labute approximate surface area is 81.1 Å². The third-order valence-corrected chi connectivity index (χ3v) is 2.62. The number of nitrogen functional groups attached to an aromatic ring is 1. The van der Waals surface area contributed by atoms with Crippen molar-refractivity contribution in [1.29, 1.82) is 0 Å². The molecule has 2 N–H and O–H groups in total. The van der Waals surface area contributed by atoms with E-state index in [4.69, 9.17) is 5.73 Å². The van der Waals surface area contributed by atoms with E-state index >= 15 is 0 Å². The first-order valence-corrected chi connectivity index (χ1v) is 4.74. The highest BCUT2D eigenvalue weighted by Crippen LogP contribution is 2.23. The highest BCUT2D eigenvalue weighted by atomic mass is 127. The molecule has 0 unspecified atom stereocenters. The molecular formula is C9H12IN. The van der Waals surface area contributed by atoms with Gasteiger partial charge in [0.15, 0.2) is 0 Å². The Hall–Kier alpha value is -0.250. The van der Waals surface area contributed by atoms with Crippen LogP contribution in [0, 0.1) is 3.57 Å². The molecule has 0 heterocycles. The predicted molar refractivity (Wildman–Crippen MR) is 57.7 cm³/mol. The Morgan fingerprint density at radius 1 is 1.36 bits per heavy atom. The molecule has 0 aromatic heterocycles. The summed E-state index contributed by atoms with van der Waals surface area (Å²) in [6.07, 6.45) is 0. The van der Waals surface area contributed by atoms with Gasteiger partial charge in [0.1, 0.15) is 0 Å². The molecular weight excluding hydrogens is 249 g/mol. The highest BCUT2D eigenvalue weighted by Gasteiger charge is 2.03. The van der Waals surface area contributed by atoms with Crippen molar-refractivity contribution in [1.82, 2.24) is 0 Å². The predicted octanol–water partition coefficient (Wildman–Crippen LogP) is 3.00. The van der Waals surface area contributed by atoms with E-state index in [0.717, 1.165) is 5.69 Å². The number of benzene rings is 1. The molecule has 0 aliphatic rings. The molecule has 0 spiro atoms.